The topological polar surface area (TPSA) is 46.5 Å². The third-order valence-electron chi connectivity index (χ3n) is 2.86. The lowest BCUT2D eigenvalue weighted by atomic mass is 9.94. The summed E-state index contributed by atoms with van der Waals surface area (Å²) < 4.78 is 5.03. The van der Waals surface area contributed by atoms with E-state index >= 15 is 0 Å². The molecule has 0 aliphatic rings. The Hall–Kier alpha value is -1.81. The van der Waals surface area contributed by atoms with Crippen molar-refractivity contribution in [3.05, 3.63) is 52.2 Å². The van der Waals surface area contributed by atoms with Gasteiger partial charge in [-0.2, -0.15) is 0 Å². The predicted molar refractivity (Wildman–Crippen MR) is 75.5 cm³/mol. The van der Waals surface area contributed by atoms with Crippen LogP contribution in [0.4, 0.5) is 0 Å². The smallest absolute Gasteiger partial charge is 0.306 e. The Morgan fingerprint density at radius 2 is 2.05 bits per heavy atom. The maximum absolute atomic E-state index is 11.7. The van der Waals surface area contributed by atoms with Gasteiger partial charge in [0.2, 0.25) is 0 Å². The summed E-state index contributed by atoms with van der Waals surface area (Å²) in [5.74, 6) is 0.0124. The monoisotopic (exact) mass is 276 g/mol. The van der Waals surface area contributed by atoms with Crippen molar-refractivity contribution in [1.29, 1.82) is 0 Å². The van der Waals surface area contributed by atoms with Gasteiger partial charge in [0.05, 0.1) is 13.0 Å². The highest BCUT2D eigenvalue weighted by Crippen LogP contribution is 2.32. The molecule has 1 unspecified atom stereocenters. The zero-order chi connectivity index (χ0) is 13.7. The first-order valence-corrected chi connectivity index (χ1v) is 7.06. The van der Waals surface area contributed by atoms with Gasteiger partial charge in [-0.1, -0.05) is 18.2 Å². The lowest BCUT2D eigenvalue weighted by Crippen LogP contribution is -2.10. The lowest BCUT2D eigenvalue weighted by molar-refractivity contribution is -0.143. The maximum Gasteiger partial charge on any atom is 0.306 e. The summed E-state index contributed by atoms with van der Waals surface area (Å²) in [5.41, 5.74) is 1.01. The zero-order valence-corrected chi connectivity index (χ0v) is 11.5. The van der Waals surface area contributed by atoms with E-state index in [0.29, 0.717) is 13.0 Å². The minimum absolute atomic E-state index is 0.0142. The van der Waals surface area contributed by atoms with Crippen LogP contribution in [0.5, 0.6) is 5.75 Å². The molecule has 0 spiro atoms. The quantitative estimate of drug-likeness (QED) is 0.850. The predicted octanol–water partition coefficient (Wildman–Crippen LogP) is 3.54. The Morgan fingerprint density at radius 3 is 2.63 bits per heavy atom. The zero-order valence-electron chi connectivity index (χ0n) is 10.7. The van der Waals surface area contributed by atoms with E-state index in [4.69, 9.17) is 4.74 Å². The average molecular weight is 276 g/mol. The van der Waals surface area contributed by atoms with Gasteiger partial charge in [0.25, 0.3) is 0 Å². The summed E-state index contributed by atoms with van der Waals surface area (Å²) in [5, 5.41) is 11.3. The molecule has 0 saturated carbocycles. The molecule has 0 bridgehead atoms. The molecule has 2 rings (SSSR count). The van der Waals surface area contributed by atoms with Gasteiger partial charge in [-0.25, -0.2) is 0 Å². The second-order valence-electron chi connectivity index (χ2n) is 4.17. The molecule has 1 heterocycles. The van der Waals surface area contributed by atoms with Crippen molar-refractivity contribution >= 4 is 17.3 Å². The van der Waals surface area contributed by atoms with E-state index in [9.17, 15) is 9.90 Å². The third kappa shape index (κ3) is 3.58. The number of thiophene rings is 1. The molecule has 0 amide bonds. The highest BCUT2D eigenvalue weighted by Gasteiger charge is 2.19. The molecule has 1 aromatic heterocycles. The van der Waals surface area contributed by atoms with Crippen LogP contribution in [0.1, 0.15) is 29.7 Å². The van der Waals surface area contributed by atoms with Crippen molar-refractivity contribution < 1.29 is 14.6 Å². The van der Waals surface area contributed by atoms with Gasteiger partial charge in [-0.3, -0.25) is 4.79 Å². The number of phenols is 1. The molecular formula is C15H16O3S. The van der Waals surface area contributed by atoms with Gasteiger partial charge < -0.3 is 9.84 Å². The Bertz CT molecular complexity index is 517. The van der Waals surface area contributed by atoms with Crippen LogP contribution in [0, 0.1) is 0 Å². The number of ether oxygens (including phenoxy) is 1. The summed E-state index contributed by atoms with van der Waals surface area (Å²) >= 11 is 1.62. The van der Waals surface area contributed by atoms with E-state index < -0.39 is 0 Å². The molecule has 100 valence electrons. The molecule has 3 nitrogen and oxygen atoms in total. The molecule has 0 saturated heterocycles. The average Bonchev–Trinajstić information content (AvgIpc) is 2.91. The van der Waals surface area contributed by atoms with Crippen LogP contribution in [0.15, 0.2) is 41.8 Å². The first-order valence-electron chi connectivity index (χ1n) is 6.18. The first kappa shape index (κ1) is 13.6. The molecule has 0 aliphatic heterocycles. The van der Waals surface area contributed by atoms with Crippen LogP contribution in [-0.2, 0) is 9.53 Å². The number of carbonyl (C=O) groups is 1. The molecular weight excluding hydrogens is 260 g/mol. The fraction of sp³-hybridized carbons (Fsp3) is 0.267. The fourth-order valence-electron chi connectivity index (χ4n) is 1.97. The second-order valence-corrected chi connectivity index (χ2v) is 5.15. The van der Waals surface area contributed by atoms with Crippen molar-refractivity contribution in [2.75, 3.05) is 6.61 Å². The van der Waals surface area contributed by atoms with E-state index in [1.807, 2.05) is 29.6 Å². The maximum atomic E-state index is 11.7. The van der Waals surface area contributed by atoms with E-state index in [1.165, 1.54) is 0 Å². The number of phenolic OH excluding ortho intramolecular Hbond substituents is 1. The van der Waals surface area contributed by atoms with E-state index in [0.717, 1.165) is 10.4 Å². The molecule has 0 fully saturated rings. The number of carbonyl (C=O) groups excluding carboxylic acids is 1. The molecule has 4 heteroatoms. The summed E-state index contributed by atoms with van der Waals surface area (Å²) in [6.45, 7) is 2.20. The normalized spacial score (nSPS) is 12.1. The van der Waals surface area contributed by atoms with Crippen LogP contribution >= 0.6 is 11.3 Å². The summed E-state index contributed by atoms with van der Waals surface area (Å²) in [6, 6.07) is 11.0. The van der Waals surface area contributed by atoms with Gasteiger partial charge in [0.15, 0.2) is 0 Å². The Kier molecular flexibility index (Phi) is 4.58. The second kappa shape index (κ2) is 6.38. The van der Waals surface area contributed by atoms with Gasteiger partial charge >= 0.3 is 5.97 Å². The minimum atomic E-state index is -0.200. The van der Waals surface area contributed by atoms with Gasteiger partial charge in [0.1, 0.15) is 5.75 Å². The SMILES string of the molecule is CCOC(=O)CC(c1ccc(O)cc1)c1cccs1. The van der Waals surface area contributed by atoms with E-state index in [1.54, 1.807) is 30.4 Å². The number of esters is 1. The molecule has 1 atom stereocenters. The standard InChI is InChI=1S/C15H16O3S/c1-2-18-15(17)10-13(14-4-3-9-19-14)11-5-7-12(16)8-6-11/h3-9,13,16H,2,10H2,1H3. The Balaban J connectivity index is 2.24. The van der Waals surface area contributed by atoms with Crippen molar-refractivity contribution in [1.82, 2.24) is 0 Å². The first-order chi connectivity index (χ1) is 9.20. The molecule has 0 aliphatic carbocycles. The summed E-state index contributed by atoms with van der Waals surface area (Å²) in [4.78, 5) is 12.8. The van der Waals surface area contributed by atoms with Gasteiger partial charge in [0, 0.05) is 10.8 Å². The summed E-state index contributed by atoms with van der Waals surface area (Å²) in [6.07, 6.45) is 0.319. The summed E-state index contributed by atoms with van der Waals surface area (Å²) in [7, 11) is 0. The minimum Gasteiger partial charge on any atom is -0.508 e. The largest absolute Gasteiger partial charge is 0.508 e. The number of benzene rings is 1. The molecule has 0 radical (unpaired) electrons. The number of rotatable bonds is 5. The van der Waals surface area contributed by atoms with Crippen LogP contribution in [0.2, 0.25) is 0 Å². The third-order valence-corrected chi connectivity index (χ3v) is 3.84. The van der Waals surface area contributed by atoms with Gasteiger partial charge in [-0.15, -0.1) is 11.3 Å². The highest BCUT2D eigenvalue weighted by atomic mass is 32.1. The molecule has 1 N–H and O–H groups in total. The van der Waals surface area contributed by atoms with E-state index in [2.05, 4.69) is 0 Å². The molecule has 19 heavy (non-hydrogen) atoms. The number of aromatic hydroxyl groups is 1. The van der Waals surface area contributed by atoms with Crippen molar-refractivity contribution in [3.8, 4) is 5.75 Å². The van der Waals surface area contributed by atoms with Crippen LogP contribution in [0.25, 0.3) is 0 Å². The van der Waals surface area contributed by atoms with Gasteiger partial charge in [-0.05, 0) is 36.1 Å². The molecule has 1 aromatic carbocycles. The van der Waals surface area contributed by atoms with Crippen LogP contribution in [-0.4, -0.2) is 17.7 Å². The molecule has 2 aromatic rings. The fourth-order valence-corrected chi connectivity index (χ4v) is 2.82. The van der Waals surface area contributed by atoms with Crippen LogP contribution < -0.4 is 0 Å². The highest BCUT2D eigenvalue weighted by molar-refractivity contribution is 7.10. The van der Waals surface area contributed by atoms with Crippen molar-refractivity contribution in [3.63, 3.8) is 0 Å². The van der Waals surface area contributed by atoms with E-state index in [-0.39, 0.29) is 17.6 Å². The Morgan fingerprint density at radius 1 is 1.32 bits per heavy atom. The van der Waals surface area contributed by atoms with Crippen molar-refractivity contribution in [2.45, 2.75) is 19.3 Å². The Labute approximate surface area is 116 Å². The lowest BCUT2D eigenvalue weighted by Gasteiger charge is -2.15. The van der Waals surface area contributed by atoms with Crippen LogP contribution in [0.3, 0.4) is 0 Å². The van der Waals surface area contributed by atoms with Crippen molar-refractivity contribution in [2.24, 2.45) is 0 Å². The number of hydrogen-bond donors (Lipinski definition) is 1. The number of hydrogen-bond acceptors (Lipinski definition) is 4.